The first-order chi connectivity index (χ1) is 8.33. The standard InChI is InChI=1S/C12H18O5S/c1-9(2)11-6-5-10(16-8-15-3)7-12(11)17-18(4,13)14/h5-7,9H,8H2,1-4H3. The molecule has 0 aliphatic rings. The molecule has 0 heterocycles. The first-order valence-electron chi connectivity index (χ1n) is 5.48. The molecule has 18 heavy (non-hydrogen) atoms. The fourth-order valence-electron chi connectivity index (χ4n) is 1.44. The topological polar surface area (TPSA) is 61.8 Å². The molecule has 0 aliphatic heterocycles. The smallest absolute Gasteiger partial charge is 0.306 e. The average Bonchev–Trinajstić information content (AvgIpc) is 2.23. The summed E-state index contributed by atoms with van der Waals surface area (Å²) >= 11 is 0. The van der Waals surface area contributed by atoms with Gasteiger partial charge in [-0.25, -0.2) is 0 Å². The maximum atomic E-state index is 11.2. The Morgan fingerprint density at radius 3 is 2.44 bits per heavy atom. The molecule has 1 aromatic carbocycles. The summed E-state index contributed by atoms with van der Waals surface area (Å²) in [5, 5.41) is 0. The molecule has 0 N–H and O–H groups in total. The van der Waals surface area contributed by atoms with Crippen molar-refractivity contribution in [1.82, 2.24) is 0 Å². The SMILES string of the molecule is COCOc1ccc(C(C)C)c(OS(C)(=O)=O)c1. The van der Waals surface area contributed by atoms with Gasteiger partial charge in [0.25, 0.3) is 0 Å². The number of rotatable bonds is 6. The van der Waals surface area contributed by atoms with Gasteiger partial charge in [-0.1, -0.05) is 19.9 Å². The van der Waals surface area contributed by atoms with Gasteiger partial charge in [-0.2, -0.15) is 8.42 Å². The molecule has 0 bridgehead atoms. The quantitative estimate of drug-likeness (QED) is 0.587. The Balaban J connectivity index is 3.07. The number of benzene rings is 1. The zero-order valence-corrected chi connectivity index (χ0v) is 11.8. The van der Waals surface area contributed by atoms with Gasteiger partial charge < -0.3 is 13.7 Å². The van der Waals surface area contributed by atoms with E-state index >= 15 is 0 Å². The Hall–Kier alpha value is -1.27. The van der Waals surface area contributed by atoms with E-state index < -0.39 is 10.1 Å². The van der Waals surface area contributed by atoms with Crippen LogP contribution in [0.2, 0.25) is 0 Å². The summed E-state index contributed by atoms with van der Waals surface area (Å²) in [6.07, 6.45) is 1.01. The van der Waals surface area contributed by atoms with E-state index in [9.17, 15) is 8.42 Å². The van der Waals surface area contributed by atoms with Gasteiger partial charge in [0.2, 0.25) is 0 Å². The number of hydrogen-bond acceptors (Lipinski definition) is 5. The van der Waals surface area contributed by atoms with Crippen LogP contribution in [-0.4, -0.2) is 28.6 Å². The Kier molecular flexibility index (Phi) is 4.98. The van der Waals surface area contributed by atoms with Crippen molar-refractivity contribution >= 4 is 10.1 Å². The Labute approximate surface area is 108 Å². The second-order valence-corrected chi connectivity index (χ2v) is 5.77. The lowest BCUT2D eigenvalue weighted by Gasteiger charge is -2.14. The van der Waals surface area contributed by atoms with E-state index in [1.165, 1.54) is 7.11 Å². The second kappa shape index (κ2) is 6.06. The van der Waals surface area contributed by atoms with Crippen molar-refractivity contribution in [2.24, 2.45) is 0 Å². The number of ether oxygens (including phenoxy) is 2. The van der Waals surface area contributed by atoms with E-state index in [1.54, 1.807) is 18.2 Å². The molecule has 1 aromatic rings. The number of methoxy groups -OCH3 is 1. The minimum Gasteiger partial charge on any atom is -0.467 e. The molecule has 0 atom stereocenters. The van der Waals surface area contributed by atoms with Gasteiger partial charge in [0.1, 0.15) is 11.5 Å². The molecular formula is C12H18O5S. The molecule has 1 rings (SSSR count). The summed E-state index contributed by atoms with van der Waals surface area (Å²) in [5.41, 5.74) is 0.810. The maximum Gasteiger partial charge on any atom is 0.306 e. The largest absolute Gasteiger partial charge is 0.467 e. The van der Waals surface area contributed by atoms with Crippen LogP contribution in [0.25, 0.3) is 0 Å². The predicted octanol–water partition coefficient (Wildman–Crippen LogP) is 2.13. The zero-order chi connectivity index (χ0) is 13.8. The molecule has 0 saturated carbocycles. The Bertz CT molecular complexity index is 493. The van der Waals surface area contributed by atoms with Crippen LogP contribution in [0, 0.1) is 0 Å². The summed E-state index contributed by atoms with van der Waals surface area (Å²) < 4.78 is 37.4. The van der Waals surface area contributed by atoms with Crippen molar-refractivity contribution < 1.29 is 22.1 Å². The van der Waals surface area contributed by atoms with Crippen molar-refractivity contribution in [2.45, 2.75) is 19.8 Å². The van der Waals surface area contributed by atoms with E-state index in [0.717, 1.165) is 11.8 Å². The third-order valence-electron chi connectivity index (χ3n) is 2.19. The van der Waals surface area contributed by atoms with E-state index in [4.69, 9.17) is 13.7 Å². The molecule has 0 fully saturated rings. The summed E-state index contributed by atoms with van der Waals surface area (Å²) in [5.74, 6) is 0.944. The first kappa shape index (κ1) is 14.8. The van der Waals surface area contributed by atoms with E-state index in [1.807, 2.05) is 13.8 Å². The fourth-order valence-corrected chi connectivity index (χ4v) is 1.91. The average molecular weight is 274 g/mol. The molecule has 102 valence electrons. The van der Waals surface area contributed by atoms with Crippen LogP contribution in [0.4, 0.5) is 0 Å². The van der Waals surface area contributed by atoms with Crippen LogP contribution >= 0.6 is 0 Å². The summed E-state index contributed by atoms with van der Waals surface area (Å²) in [6, 6.07) is 5.09. The van der Waals surface area contributed by atoms with Gasteiger partial charge in [0.15, 0.2) is 6.79 Å². The van der Waals surface area contributed by atoms with Crippen molar-refractivity contribution in [1.29, 1.82) is 0 Å². The van der Waals surface area contributed by atoms with Crippen molar-refractivity contribution in [3.63, 3.8) is 0 Å². The second-order valence-electron chi connectivity index (χ2n) is 4.19. The molecule has 0 aliphatic carbocycles. The van der Waals surface area contributed by atoms with Crippen LogP contribution in [0.1, 0.15) is 25.3 Å². The molecule has 5 nitrogen and oxygen atoms in total. The summed E-state index contributed by atoms with van der Waals surface area (Å²) in [6.45, 7) is 4.01. The Morgan fingerprint density at radius 1 is 1.28 bits per heavy atom. The number of hydrogen-bond donors (Lipinski definition) is 0. The molecule has 0 radical (unpaired) electrons. The summed E-state index contributed by atoms with van der Waals surface area (Å²) in [4.78, 5) is 0. The van der Waals surface area contributed by atoms with Crippen LogP contribution in [0.15, 0.2) is 18.2 Å². The minimum absolute atomic E-state index is 0.0966. The third-order valence-corrected chi connectivity index (χ3v) is 2.67. The molecular weight excluding hydrogens is 256 g/mol. The van der Waals surface area contributed by atoms with Gasteiger partial charge in [0, 0.05) is 13.2 Å². The van der Waals surface area contributed by atoms with Crippen LogP contribution in [-0.2, 0) is 14.9 Å². The van der Waals surface area contributed by atoms with Gasteiger partial charge >= 0.3 is 10.1 Å². The monoisotopic (exact) mass is 274 g/mol. The molecule has 0 spiro atoms. The predicted molar refractivity (Wildman–Crippen MR) is 68.5 cm³/mol. The highest BCUT2D eigenvalue weighted by Crippen LogP contribution is 2.31. The maximum absolute atomic E-state index is 11.2. The van der Waals surface area contributed by atoms with Gasteiger partial charge in [0.05, 0.1) is 6.26 Å². The van der Waals surface area contributed by atoms with Crippen molar-refractivity contribution in [3.8, 4) is 11.5 Å². The highest BCUT2D eigenvalue weighted by atomic mass is 32.2. The molecule has 6 heteroatoms. The molecule has 0 aromatic heterocycles. The van der Waals surface area contributed by atoms with Crippen LogP contribution in [0.5, 0.6) is 11.5 Å². The lowest BCUT2D eigenvalue weighted by Crippen LogP contribution is -2.08. The molecule has 0 unspecified atom stereocenters. The van der Waals surface area contributed by atoms with Gasteiger partial charge in [-0.15, -0.1) is 0 Å². The normalized spacial score (nSPS) is 11.6. The zero-order valence-electron chi connectivity index (χ0n) is 11.0. The van der Waals surface area contributed by atoms with Crippen LogP contribution < -0.4 is 8.92 Å². The van der Waals surface area contributed by atoms with Gasteiger partial charge in [-0.05, 0) is 17.5 Å². The Morgan fingerprint density at radius 2 is 1.94 bits per heavy atom. The van der Waals surface area contributed by atoms with Crippen LogP contribution in [0.3, 0.4) is 0 Å². The third kappa shape index (κ3) is 4.54. The van der Waals surface area contributed by atoms with E-state index in [2.05, 4.69) is 0 Å². The fraction of sp³-hybridized carbons (Fsp3) is 0.500. The highest BCUT2D eigenvalue weighted by molar-refractivity contribution is 7.86. The van der Waals surface area contributed by atoms with E-state index in [-0.39, 0.29) is 12.7 Å². The van der Waals surface area contributed by atoms with Crippen molar-refractivity contribution in [3.05, 3.63) is 23.8 Å². The molecule has 0 saturated heterocycles. The highest BCUT2D eigenvalue weighted by Gasteiger charge is 2.14. The first-order valence-corrected chi connectivity index (χ1v) is 7.30. The summed E-state index contributed by atoms with van der Waals surface area (Å²) in [7, 11) is -2.05. The minimum atomic E-state index is -3.56. The lowest BCUT2D eigenvalue weighted by atomic mass is 10.0. The van der Waals surface area contributed by atoms with Crippen molar-refractivity contribution in [2.75, 3.05) is 20.2 Å². The van der Waals surface area contributed by atoms with Gasteiger partial charge in [-0.3, -0.25) is 0 Å². The lowest BCUT2D eigenvalue weighted by molar-refractivity contribution is 0.0510. The molecule has 0 amide bonds. The van der Waals surface area contributed by atoms with E-state index in [0.29, 0.717) is 11.5 Å².